The first kappa shape index (κ1) is 20.4. The van der Waals surface area contributed by atoms with E-state index in [1.807, 2.05) is 27.7 Å². The Kier molecular flexibility index (Phi) is 7.28. The average Bonchev–Trinajstić information content (AvgIpc) is 2.61. The van der Waals surface area contributed by atoms with Crippen molar-refractivity contribution < 1.29 is 14.3 Å². The maximum Gasteiger partial charge on any atom is 0.247 e. The monoisotopic (exact) mass is 370 g/mol. The Morgan fingerprint density at radius 3 is 2.33 bits per heavy atom. The number of nitrogens with zero attached hydrogens (tertiary/aromatic N) is 2. The highest BCUT2D eigenvalue weighted by molar-refractivity contribution is 5.97. The minimum Gasteiger partial charge on any atom is -0.438 e. The largest absolute Gasteiger partial charge is 0.438 e. The molecule has 1 atom stereocenters. The highest BCUT2D eigenvalue weighted by Crippen LogP contribution is 2.21. The molecule has 7 heteroatoms. The van der Waals surface area contributed by atoms with Crippen LogP contribution >= 0.6 is 0 Å². The second kappa shape index (κ2) is 9.66. The van der Waals surface area contributed by atoms with Crippen molar-refractivity contribution >= 4 is 17.5 Å². The minimum atomic E-state index is -0.591. The van der Waals surface area contributed by atoms with Gasteiger partial charge in [0.15, 0.2) is 0 Å². The Morgan fingerprint density at radius 1 is 1.07 bits per heavy atom. The third-order valence-corrected chi connectivity index (χ3v) is 3.74. The fraction of sp³-hybridized carbons (Fsp3) is 0.400. The lowest BCUT2D eigenvalue weighted by molar-refractivity contribution is -0.127. The van der Waals surface area contributed by atoms with Crippen molar-refractivity contribution in [1.29, 1.82) is 0 Å². The van der Waals surface area contributed by atoms with E-state index in [0.29, 0.717) is 23.7 Å². The van der Waals surface area contributed by atoms with E-state index in [1.54, 1.807) is 36.7 Å². The van der Waals surface area contributed by atoms with Crippen LogP contribution in [0, 0.1) is 11.8 Å². The van der Waals surface area contributed by atoms with Gasteiger partial charge in [0.1, 0.15) is 11.8 Å². The Morgan fingerprint density at radius 2 is 1.78 bits per heavy atom. The SMILES string of the molecule is CC(C)CC(=O)NC(C(=O)Nc1ccc(Oc2cnccn2)cc1)C(C)C. The summed E-state index contributed by atoms with van der Waals surface area (Å²) >= 11 is 0. The van der Waals surface area contributed by atoms with Gasteiger partial charge in [-0.05, 0) is 36.1 Å². The molecule has 1 aromatic carbocycles. The van der Waals surface area contributed by atoms with Gasteiger partial charge in [-0.15, -0.1) is 0 Å². The number of carbonyl (C=O) groups is 2. The summed E-state index contributed by atoms with van der Waals surface area (Å²) in [5.41, 5.74) is 0.621. The lowest BCUT2D eigenvalue weighted by Gasteiger charge is -2.22. The maximum absolute atomic E-state index is 12.6. The third kappa shape index (κ3) is 6.69. The van der Waals surface area contributed by atoms with E-state index < -0.39 is 6.04 Å². The molecule has 0 saturated heterocycles. The van der Waals surface area contributed by atoms with E-state index in [2.05, 4.69) is 20.6 Å². The van der Waals surface area contributed by atoms with Crippen molar-refractivity contribution in [3.8, 4) is 11.6 Å². The highest BCUT2D eigenvalue weighted by Gasteiger charge is 2.24. The number of hydrogen-bond donors (Lipinski definition) is 2. The smallest absolute Gasteiger partial charge is 0.247 e. The third-order valence-electron chi connectivity index (χ3n) is 3.74. The minimum absolute atomic E-state index is 0.0274. The summed E-state index contributed by atoms with van der Waals surface area (Å²) in [5.74, 6) is 0.820. The number of amides is 2. The predicted octanol–water partition coefficient (Wildman–Crippen LogP) is 3.39. The Balaban J connectivity index is 1.97. The van der Waals surface area contributed by atoms with E-state index in [9.17, 15) is 9.59 Å². The summed E-state index contributed by atoms with van der Waals surface area (Å²) in [6, 6.07) is 6.33. The van der Waals surface area contributed by atoms with E-state index in [4.69, 9.17) is 4.74 Å². The van der Waals surface area contributed by atoms with E-state index in [0.717, 1.165) is 0 Å². The van der Waals surface area contributed by atoms with Crippen LogP contribution in [0.3, 0.4) is 0 Å². The van der Waals surface area contributed by atoms with Crippen LogP contribution in [0.15, 0.2) is 42.9 Å². The zero-order valence-corrected chi connectivity index (χ0v) is 16.1. The van der Waals surface area contributed by atoms with Crippen LogP contribution in [0.2, 0.25) is 0 Å². The standard InChI is InChI=1S/C20H26N4O3/c1-13(2)11-17(25)24-19(14(3)4)20(26)23-15-5-7-16(8-6-15)27-18-12-21-9-10-22-18/h5-10,12-14,19H,11H2,1-4H3,(H,23,26)(H,24,25). The van der Waals surface area contributed by atoms with Gasteiger partial charge in [-0.25, -0.2) is 4.98 Å². The molecule has 1 heterocycles. The van der Waals surface area contributed by atoms with Gasteiger partial charge in [-0.1, -0.05) is 27.7 Å². The maximum atomic E-state index is 12.6. The summed E-state index contributed by atoms with van der Waals surface area (Å²) in [4.78, 5) is 32.6. The zero-order valence-electron chi connectivity index (χ0n) is 16.1. The van der Waals surface area contributed by atoms with Crippen LogP contribution < -0.4 is 15.4 Å². The van der Waals surface area contributed by atoms with E-state index >= 15 is 0 Å². The van der Waals surface area contributed by atoms with E-state index in [1.165, 1.54) is 6.20 Å². The quantitative estimate of drug-likeness (QED) is 0.743. The normalized spacial score (nSPS) is 11.9. The fourth-order valence-corrected chi connectivity index (χ4v) is 2.42. The Bertz CT molecular complexity index is 746. The molecular weight excluding hydrogens is 344 g/mol. The second-order valence-electron chi connectivity index (χ2n) is 7.05. The number of benzene rings is 1. The lowest BCUT2D eigenvalue weighted by Crippen LogP contribution is -2.47. The molecule has 2 N–H and O–H groups in total. The van der Waals surface area contributed by atoms with Crippen LogP contribution in [0.25, 0.3) is 0 Å². The molecule has 2 amide bonds. The number of carbonyl (C=O) groups excluding carboxylic acids is 2. The molecule has 0 radical (unpaired) electrons. The van der Waals surface area contributed by atoms with Crippen molar-refractivity contribution in [3.63, 3.8) is 0 Å². The summed E-state index contributed by atoms with van der Waals surface area (Å²) < 4.78 is 5.57. The number of aromatic nitrogens is 2. The van der Waals surface area contributed by atoms with Crippen molar-refractivity contribution in [3.05, 3.63) is 42.9 Å². The molecule has 27 heavy (non-hydrogen) atoms. The molecule has 0 saturated carbocycles. The van der Waals surface area contributed by atoms with Gasteiger partial charge >= 0.3 is 0 Å². The molecule has 1 aromatic heterocycles. The molecule has 0 aliphatic rings. The van der Waals surface area contributed by atoms with Crippen molar-refractivity contribution in [2.75, 3.05) is 5.32 Å². The molecular formula is C20H26N4O3. The van der Waals surface area contributed by atoms with Gasteiger partial charge in [-0.3, -0.25) is 14.6 Å². The van der Waals surface area contributed by atoms with Gasteiger partial charge in [0, 0.05) is 24.5 Å². The van der Waals surface area contributed by atoms with E-state index in [-0.39, 0.29) is 23.7 Å². The van der Waals surface area contributed by atoms with Gasteiger partial charge in [-0.2, -0.15) is 0 Å². The molecule has 2 rings (SSSR count). The predicted molar refractivity (Wildman–Crippen MR) is 103 cm³/mol. The Labute approximate surface area is 159 Å². The summed E-state index contributed by atoms with van der Waals surface area (Å²) in [6.45, 7) is 7.73. The van der Waals surface area contributed by atoms with Gasteiger partial charge < -0.3 is 15.4 Å². The second-order valence-corrected chi connectivity index (χ2v) is 7.05. The van der Waals surface area contributed by atoms with Crippen LogP contribution in [0.4, 0.5) is 5.69 Å². The molecule has 0 aliphatic heterocycles. The molecule has 0 aliphatic carbocycles. The molecule has 2 aromatic rings. The number of ether oxygens (including phenoxy) is 1. The number of rotatable bonds is 8. The number of nitrogens with one attached hydrogen (secondary N) is 2. The summed E-state index contributed by atoms with van der Waals surface area (Å²) in [7, 11) is 0. The molecule has 144 valence electrons. The Hall–Kier alpha value is -2.96. The first-order valence-corrected chi connectivity index (χ1v) is 8.99. The highest BCUT2D eigenvalue weighted by atomic mass is 16.5. The number of hydrogen-bond acceptors (Lipinski definition) is 5. The lowest BCUT2D eigenvalue weighted by atomic mass is 10.0. The zero-order chi connectivity index (χ0) is 19.8. The van der Waals surface area contributed by atoms with Gasteiger partial charge in [0.05, 0.1) is 6.20 Å². The molecule has 0 bridgehead atoms. The van der Waals surface area contributed by atoms with Crippen LogP contribution in [-0.4, -0.2) is 27.8 Å². The van der Waals surface area contributed by atoms with Crippen LogP contribution in [0.5, 0.6) is 11.6 Å². The van der Waals surface area contributed by atoms with Gasteiger partial charge in [0.25, 0.3) is 0 Å². The molecule has 7 nitrogen and oxygen atoms in total. The average molecular weight is 370 g/mol. The fourth-order valence-electron chi connectivity index (χ4n) is 2.42. The van der Waals surface area contributed by atoms with Gasteiger partial charge in [0.2, 0.25) is 17.7 Å². The van der Waals surface area contributed by atoms with Crippen molar-refractivity contribution in [2.24, 2.45) is 11.8 Å². The topological polar surface area (TPSA) is 93.2 Å². The van der Waals surface area contributed by atoms with Crippen molar-refractivity contribution in [1.82, 2.24) is 15.3 Å². The molecule has 1 unspecified atom stereocenters. The first-order valence-electron chi connectivity index (χ1n) is 8.99. The van der Waals surface area contributed by atoms with Crippen LogP contribution in [-0.2, 0) is 9.59 Å². The first-order chi connectivity index (χ1) is 12.8. The molecule has 0 spiro atoms. The summed E-state index contributed by atoms with van der Waals surface area (Å²) in [5, 5.41) is 5.66. The summed E-state index contributed by atoms with van der Waals surface area (Å²) in [6.07, 6.45) is 5.02. The molecule has 0 fully saturated rings. The van der Waals surface area contributed by atoms with Crippen LogP contribution in [0.1, 0.15) is 34.1 Å². The van der Waals surface area contributed by atoms with Crippen molar-refractivity contribution in [2.45, 2.75) is 40.2 Å². The number of anilines is 1.